The molecule has 22 heavy (non-hydrogen) atoms. The molecule has 0 aromatic carbocycles. The number of nitrogens with zero attached hydrogens (tertiary/aromatic N) is 4. The quantitative estimate of drug-likeness (QED) is 0.473. The van der Waals surface area contributed by atoms with Gasteiger partial charge in [0.1, 0.15) is 0 Å². The number of aryl methyl sites for hydroxylation is 1. The van der Waals surface area contributed by atoms with E-state index >= 15 is 0 Å². The molecule has 0 spiro atoms. The van der Waals surface area contributed by atoms with E-state index in [-0.39, 0.29) is 0 Å². The molecule has 1 aliphatic rings. The summed E-state index contributed by atoms with van der Waals surface area (Å²) in [6, 6.07) is 3.14. The molecule has 0 saturated carbocycles. The zero-order chi connectivity index (χ0) is 15.8. The molecular formula is C16H30N6. The molecule has 2 rings (SSSR count). The topological polar surface area (TPSA) is 57.5 Å². The molecule has 1 aromatic heterocycles. The summed E-state index contributed by atoms with van der Waals surface area (Å²) in [5, 5.41) is 11.2. The fourth-order valence-corrected chi connectivity index (χ4v) is 2.83. The van der Waals surface area contributed by atoms with Gasteiger partial charge in [-0.2, -0.15) is 5.10 Å². The molecule has 124 valence electrons. The Morgan fingerprint density at radius 1 is 1.36 bits per heavy atom. The van der Waals surface area contributed by atoms with E-state index in [2.05, 4.69) is 39.5 Å². The highest BCUT2D eigenvalue weighted by Gasteiger charge is 2.21. The van der Waals surface area contributed by atoms with Crippen molar-refractivity contribution in [1.82, 2.24) is 25.3 Å². The van der Waals surface area contributed by atoms with Gasteiger partial charge in [0.2, 0.25) is 0 Å². The second-order valence-corrected chi connectivity index (χ2v) is 6.17. The second kappa shape index (κ2) is 8.78. The minimum absolute atomic E-state index is 0.535. The number of likely N-dealkylation sites (tertiary alicyclic amines) is 1. The molecule has 1 aromatic rings. The van der Waals surface area contributed by atoms with Crippen LogP contribution in [0.2, 0.25) is 0 Å². The van der Waals surface area contributed by atoms with E-state index in [1.807, 2.05) is 30.2 Å². The Labute approximate surface area is 134 Å². The van der Waals surface area contributed by atoms with Gasteiger partial charge in [0, 0.05) is 57.7 Å². The van der Waals surface area contributed by atoms with Crippen LogP contribution < -0.4 is 10.6 Å². The maximum atomic E-state index is 4.33. The summed E-state index contributed by atoms with van der Waals surface area (Å²) in [6.45, 7) is 8.73. The van der Waals surface area contributed by atoms with Crippen LogP contribution in [0.25, 0.3) is 0 Å². The largest absolute Gasteiger partial charge is 0.356 e. The molecule has 6 nitrogen and oxygen atoms in total. The van der Waals surface area contributed by atoms with Gasteiger partial charge >= 0.3 is 0 Å². The van der Waals surface area contributed by atoms with Gasteiger partial charge in [0.25, 0.3) is 0 Å². The van der Waals surface area contributed by atoms with Crippen LogP contribution in [0.4, 0.5) is 0 Å². The molecule has 2 heterocycles. The molecule has 0 unspecified atom stereocenters. The molecule has 1 fully saturated rings. The van der Waals surface area contributed by atoms with Crippen molar-refractivity contribution >= 4 is 5.96 Å². The summed E-state index contributed by atoms with van der Waals surface area (Å²) < 4.78 is 1.96. The fourth-order valence-electron chi connectivity index (χ4n) is 2.83. The Morgan fingerprint density at radius 3 is 2.73 bits per heavy atom. The zero-order valence-electron chi connectivity index (χ0n) is 14.1. The lowest BCUT2D eigenvalue weighted by Gasteiger charge is -2.35. The third-order valence-electron chi connectivity index (χ3n) is 4.24. The number of aromatic nitrogens is 2. The second-order valence-electron chi connectivity index (χ2n) is 6.17. The third-order valence-corrected chi connectivity index (χ3v) is 4.24. The number of hydrogen-bond donors (Lipinski definition) is 2. The standard InChI is InChI=1S/C16H30N6/c1-14(2)21-12-6-15(7-13-21)20-16(17-3)18-8-4-10-22-11-5-9-19-22/h5,9,11,14-15H,4,6-8,10,12-13H2,1-3H3,(H2,17,18,20). The first-order valence-electron chi connectivity index (χ1n) is 8.37. The highest BCUT2D eigenvalue weighted by molar-refractivity contribution is 5.79. The summed E-state index contributed by atoms with van der Waals surface area (Å²) in [4.78, 5) is 6.87. The summed E-state index contributed by atoms with van der Waals surface area (Å²) in [5.74, 6) is 0.920. The third kappa shape index (κ3) is 5.33. The van der Waals surface area contributed by atoms with Crippen molar-refractivity contribution in [3.8, 4) is 0 Å². The maximum Gasteiger partial charge on any atom is 0.191 e. The van der Waals surface area contributed by atoms with E-state index in [0.29, 0.717) is 12.1 Å². The number of rotatable bonds is 6. The van der Waals surface area contributed by atoms with Gasteiger partial charge in [0.15, 0.2) is 5.96 Å². The number of guanidine groups is 1. The molecule has 0 radical (unpaired) electrons. The van der Waals surface area contributed by atoms with Crippen molar-refractivity contribution in [3.63, 3.8) is 0 Å². The number of hydrogen-bond acceptors (Lipinski definition) is 3. The maximum absolute atomic E-state index is 4.33. The lowest BCUT2D eigenvalue weighted by atomic mass is 10.0. The van der Waals surface area contributed by atoms with Crippen LogP contribution in [-0.2, 0) is 6.54 Å². The molecule has 6 heteroatoms. The number of nitrogens with one attached hydrogen (secondary N) is 2. The number of aliphatic imine (C=N–C) groups is 1. The molecule has 0 amide bonds. The van der Waals surface area contributed by atoms with Crippen molar-refractivity contribution in [3.05, 3.63) is 18.5 Å². The van der Waals surface area contributed by atoms with E-state index in [1.54, 1.807) is 0 Å². The monoisotopic (exact) mass is 306 g/mol. The minimum Gasteiger partial charge on any atom is -0.356 e. The minimum atomic E-state index is 0.535. The predicted octanol–water partition coefficient (Wildman–Crippen LogP) is 1.31. The van der Waals surface area contributed by atoms with E-state index in [0.717, 1.165) is 25.5 Å². The Hall–Kier alpha value is -1.56. The van der Waals surface area contributed by atoms with Crippen LogP contribution in [0.5, 0.6) is 0 Å². The molecule has 1 saturated heterocycles. The highest BCUT2D eigenvalue weighted by atomic mass is 15.3. The van der Waals surface area contributed by atoms with Crippen LogP contribution in [0.1, 0.15) is 33.1 Å². The van der Waals surface area contributed by atoms with Crippen molar-refractivity contribution in [2.45, 2.75) is 51.7 Å². The Kier molecular flexibility index (Phi) is 6.71. The van der Waals surface area contributed by atoms with E-state index in [9.17, 15) is 0 Å². The lowest BCUT2D eigenvalue weighted by Crippen LogP contribution is -2.50. The summed E-state index contributed by atoms with van der Waals surface area (Å²) in [5.41, 5.74) is 0. The Balaban J connectivity index is 1.63. The normalized spacial score (nSPS) is 17.9. The van der Waals surface area contributed by atoms with Gasteiger partial charge in [-0.3, -0.25) is 9.67 Å². The van der Waals surface area contributed by atoms with Crippen LogP contribution in [0.3, 0.4) is 0 Å². The SMILES string of the molecule is CN=C(NCCCn1cccn1)NC1CCN(C(C)C)CC1. The van der Waals surface area contributed by atoms with Crippen molar-refractivity contribution in [2.75, 3.05) is 26.7 Å². The molecule has 0 aliphatic carbocycles. The first-order valence-corrected chi connectivity index (χ1v) is 8.37. The van der Waals surface area contributed by atoms with Gasteiger partial charge in [-0.15, -0.1) is 0 Å². The average Bonchev–Trinajstić information content (AvgIpc) is 3.04. The fraction of sp³-hybridized carbons (Fsp3) is 0.750. The van der Waals surface area contributed by atoms with E-state index in [4.69, 9.17) is 0 Å². The van der Waals surface area contributed by atoms with E-state index < -0.39 is 0 Å². The van der Waals surface area contributed by atoms with Crippen molar-refractivity contribution < 1.29 is 0 Å². The zero-order valence-corrected chi connectivity index (χ0v) is 14.1. The lowest BCUT2D eigenvalue weighted by molar-refractivity contribution is 0.167. The van der Waals surface area contributed by atoms with Gasteiger partial charge in [-0.25, -0.2) is 0 Å². The van der Waals surface area contributed by atoms with Gasteiger partial charge in [-0.1, -0.05) is 0 Å². The van der Waals surface area contributed by atoms with Crippen LogP contribution in [0, 0.1) is 0 Å². The van der Waals surface area contributed by atoms with Gasteiger partial charge in [-0.05, 0) is 39.2 Å². The van der Waals surface area contributed by atoms with Crippen LogP contribution in [-0.4, -0.2) is 59.4 Å². The molecule has 1 aliphatic heterocycles. The van der Waals surface area contributed by atoms with Crippen molar-refractivity contribution in [1.29, 1.82) is 0 Å². The first-order chi connectivity index (χ1) is 10.7. The Bertz CT molecular complexity index is 431. The highest BCUT2D eigenvalue weighted by Crippen LogP contribution is 2.12. The molecule has 0 atom stereocenters. The average molecular weight is 306 g/mol. The Morgan fingerprint density at radius 2 is 2.14 bits per heavy atom. The smallest absolute Gasteiger partial charge is 0.191 e. The summed E-state index contributed by atoms with van der Waals surface area (Å²) >= 11 is 0. The van der Waals surface area contributed by atoms with Crippen LogP contribution in [0.15, 0.2) is 23.5 Å². The first kappa shape index (κ1) is 16.8. The molecule has 2 N–H and O–H groups in total. The molecule has 0 bridgehead atoms. The van der Waals surface area contributed by atoms with E-state index in [1.165, 1.54) is 25.9 Å². The number of piperidine rings is 1. The van der Waals surface area contributed by atoms with Crippen molar-refractivity contribution in [2.24, 2.45) is 4.99 Å². The van der Waals surface area contributed by atoms with Gasteiger partial charge < -0.3 is 15.5 Å². The van der Waals surface area contributed by atoms with Gasteiger partial charge in [0.05, 0.1) is 0 Å². The van der Waals surface area contributed by atoms with Crippen LogP contribution >= 0.6 is 0 Å². The molecular weight excluding hydrogens is 276 g/mol. The summed E-state index contributed by atoms with van der Waals surface area (Å²) in [7, 11) is 1.84. The summed E-state index contributed by atoms with van der Waals surface area (Å²) in [6.07, 6.45) is 7.22. The predicted molar refractivity (Wildman–Crippen MR) is 91.1 cm³/mol.